The summed E-state index contributed by atoms with van der Waals surface area (Å²) in [6.45, 7) is 7.76. The van der Waals surface area contributed by atoms with Gasteiger partial charge in [-0.2, -0.15) is 0 Å². The summed E-state index contributed by atoms with van der Waals surface area (Å²) in [7, 11) is -3.71. The summed E-state index contributed by atoms with van der Waals surface area (Å²) in [5, 5.41) is 0. The summed E-state index contributed by atoms with van der Waals surface area (Å²) in [6.07, 6.45) is 2.09. The van der Waals surface area contributed by atoms with E-state index in [4.69, 9.17) is 4.74 Å². The number of nitrogens with zero attached hydrogens (tertiary/aromatic N) is 2. The molecule has 0 saturated heterocycles. The summed E-state index contributed by atoms with van der Waals surface area (Å²) in [5.74, 6) is 0.896. The van der Waals surface area contributed by atoms with E-state index in [9.17, 15) is 8.42 Å². The van der Waals surface area contributed by atoms with Crippen LogP contribution in [0.25, 0.3) is 0 Å². The zero-order valence-electron chi connectivity index (χ0n) is 12.8. The highest BCUT2D eigenvalue weighted by atomic mass is 32.2. The van der Waals surface area contributed by atoms with Crippen LogP contribution >= 0.6 is 0 Å². The number of hydrogen-bond acceptors (Lipinski definition) is 4. The Kier molecular flexibility index (Phi) is 4.37. The van der Waals surface area contributed by atoms with Gasteiger partial charge in [0, 0.05) is 12.6 Å². The molecule has 0 aliphatic carbocycles. The number of imidazole rings is 1. The maximum atomic E-state index is 12.9. The quantitative estimate of drug-likeness (QED) is 0.852. The van der Waals surface area contributed by atoms with Crippen LogP contribution in [0.5, 0.6) is 5.75 Å². The van der Waals surface area contributed by atoms with Gasteiger partial charge < -0.3 is 4.74 Å². The Morgan fingerprint density at radius 3 is 2.57 bits per heavy atom. The molecule has 0 bridgehead atoms. The highest BCUT2D eigenvalue weighted by Gasteiger charge is 2.24. The second kappa shape index (κ2) is 5.89. The molecule has 0 aliphatic rings. The third-order valence-electron chi connectivity index (χ3n) is 3.12. The highest BCUT2D eigenvalue weighted by Crippen LogP contribution is 2.28. The Hall–Kier alpha value is -1.82. The fraction of sp³-hybridized carbons (Fsp3) is 0.400. The van der Waals surface area contributed by atoms with E-state index in [-0.39, 0.29) is 4.90 Å². The maximum absolute atomic E-state index is 12.9. The van der Waals surface area contributed by atoms with Crippen LogP contribution in [0.1, 0.15) is 30.9 Å². The molecule has 0 spiro atoms. The molecule has 0 unspecified atom stereocenters. The molecule has 0 fully saturated rings. The number of aryl methyl sites for hydroxylation is 3. The third kappa shape index (κ3) is 2.95. The lowest BCUT2D eigenvalue weighted by Crippen LogP contribution is -2.16. The smallest absolute Gasteiger partial charge is 0.272 e. The first-order chi connectivity index (χ1) is 9.90. The first-order valence-electron chi connectivity index (χ1n) is 6.94. The van der Waals surface area contributed by atoms with Gasteiger partial charge in [-0.1, -0.05) is 13.0 Å². The molecule has 1 aromatic heterocycles. The maximum Gasteiger partial charge on any atom is 0.272 e. The molecule has 2 rings (SSSR count). The van der Waals surface area contributed by atoms with Gasteiger partial charge in [-0.3, -0.25) is 0 Å². The van der Waals surface area contributed by atoms with E-state index in [0.717, 1.165) is 5.56 Å². The van der Waals surface area contributed by atoms with Crippen LogP contribution in [0.15, 0.2) is 29.3 Å². The van der Waals surface area contributed by atoms with Crippen LogP contribution in [-0.2, 0) is 16.4 Å². The summed E-state index contributed by atoms with van der Waals surface area (Å²) < 4.78 is 32.6. The summed E-state index contributed by atoms with van der Waals surface area (Å²) in [6, 6.07) is 5.17. The molecule has 0 amide bonds. The van der Waals surface area contributed by atoms with E-state index in [1.165, 1.54) is 3.97 Å². The van der Waals surface area contributed by atoms with Gasteiger partial charge in [0.15, 0.2) is 0 Å². The molecule has 5 nitrogen and oxygen atoms in total. The Morgan fingerprint density at radius 1 is 1.24 bits per heavy atom. The van der Waals surface area contributed by atoms with E-state index in [0.29, 0.717) is 30.3 Å². The molecule has 0 radical (unpaired) electrons. The minimum absolute atomic E-state index is 0.177. The van der Waals surface area contributed by atoms with Crippen molar-refractivity contribution in [2.45, 2.75) is 39.0 Å². The molecular formula is C15H20N2O3S. The topological polar surface area (TPSA) is 61.2 Å². The van der Waals surface area contributed by atoms with Crippen LogP contribution < -0.4 is 4.74 Å². The summed E-state index contributed by atoms with van der Waals surface area (Å²) >= 11 is 0. The lowest BCUT2D eigenvalue weighted by atomic mass is 10.2. The van der Waals surface area contributed by atoms with Crippen molar-refractivity contribution in [1.29, 1.82) is 0 Å². The van der Waals surface area contributed by atoms with Gasteiger partial charge in [0.25, 0.3) is 10.0 Å². The predicted molar refractivity (Wildman–Crippen MR) is 81.3 cm³/mol. The molecule has 6 heteroatoms. The molecule has 0 aliphatic heterocycles. The van der Waals surface area contributed by atoms with Crippen molar-refractivity contribution in [1.82, 2.24) is 8.96 Å². The van der Waals surface area contributed by atoms with E-state index < -0.39 is 10.0 Å². The Labute approximate surface area is 125 Å². The van der Waals surface area contributed by atoms with Crippen molar-refractivity contribution in [3.8, 4) is 5.75 Å². The molecule has 0 N–H and O–H groups in total. The first-order valence-corrected chi connectivity index (χ1v) is 8.38. The molecule has 2 aromatic rings. The fourth-order valence-electron chi connectivity index (χ4n) is 2.17. The van der Waals surface area contributed by atoms with Gasteiger partial charge in [0.2, 0.25) is 0 Å². The van der Waals surface area contributed by atoms with Gasteiger partial charge in [0.1, 0.15) is 16.5 Å². The van der Waals surface area contributed by atoms with Crippen LogP contribution in [0, 0.1) is 13.8 Å². The highest BCUT2D eigenvalue weighted by molar-refractivity contribution is 7.90. The Bertz CT molecular complexity index is 748. The lowest BCUT2D eigenvalue weighted by Gasteiger charge is -2.13. The molecule has 0 atom stereocenters. The molecule has 21 heavy (non-hydrogen) atoms. The first kappa shape index (κ1) is 15.6. The zero-order valence-corrected chi connectivity index (χ0v) is 13.6. The van der Waals surface area contributed by atoms with E-state index in [1.54, 1.807) is 25.3 Å². The van der Waals surface area contributed by atoms with E-state index in [1.807, 2.05) is 26.8 Å². The standard InChI is InChI=1S/C15H20N2O3S/c1-5-15-16-12(4)10-17(15)21(18,19)14-9-11(3)7-8-13(14)20-6-2/h7-10H,5-6H2,1-4H3. The second-order valence-electron chi connectivity index (χ2n) is 4.84. The molecular weight excluding hydrogens is 288 g/mol. The number of ether oxygens (including phenoxy) is 1. The second-order valence-corrected chi connectivity index (χ2v) is 6.62. The Balaban J connectivity index is 2.66. The van der Waals surface area contributed by atoms with Crippen molar-refractivity contribution >= 4 is 10.0 Å². The van der Waals surface area contributed by atoms with Crippen molar-refractivity contribution in [3.05, 3.63) is 41.5 Å². The minimum atomic E-state index is -3.71. The van der Waals surface area contributed by atoms with Gasteiger partial charge in [-0.25, -0.2) is 17.4 Å². The fourth-order valence-corrected chi connectivity index (χ4v) is 3.83. The predicted octanol–water partition coefficient (Wildman–Crippen LogP) is 2.70. The van der Waals surface area contributed by atoms with Crippen LogP contribution in [0.3, 0.4) is 0 Å². The average Bonchev–Trinajstić information content (AvgIpc) is 2.83. The number of benzene rings is 1. The molecule has 1 aromatic carbocycles. The lowest BCUT2D eigenvalue weighted by molar-refractivity contribution is 0.331. The monoisotopic (exact) mass is 308 g/mol. The van der Waals surface area contributed by atoms with Crippen LogP contribution in [-0.4, -0.2) is 24.0 Å². The summed E-state index contributed by atoms with van der Waals surface area (Å²) in [4.78, 5) is 4.44. The zero-order chi connectivity index (χ0) is 15.6. The largest absolute Gasteiger partial charge is 0.492 e. The average molecular weight is 308 g/mol. The number of rotatable bonds is 5. The van der Waals surface area contributed by atoms with Crippen molar-refractivity contribution in [2.75, 3.05) is 6.61 Å². The Morgan fingerprint density at radius 2 is 1.95 bits per heavy atom. The van der Waals surface area contributed by atoms with Gasteiger partial charge >= 0.3 is 0 Å². The minimum Gasteiger partial charge on any atom is -0.492 e. The molecule has 114 valence electrons. The SMILES string of the molecule is CCOc1ccc(C)cc1S(=O)(=O)n1cc(C)nc1CC. The van der Waals surface area contributed by atoms with Crippen LogP contribution in [0.2, 0.25) is 0 Å². The molecule has 0 saturated carbocycles. The van der Waals surface area contributed by atoms with Crippen molar-refractivity contribution < 1.29 is 13.2 Å². The van der Waals surface area contributed by atoms with Gasteiger partial charge in [-0.15, -0.1) is 0 Å². The number of aromatic nitrogens is 2. The number of hydrogen-bond donors (Lipinski definition) is 0. The van der Waals surface area contributed by atoms with Crippen LogP contribution in [0.4, 0.5) is 0 Å². The van der Waals surface area contributed by atoms with E-state index in [2.05, 4.69) is 4.98 Å². The van der Waals surface area contributed by atoms with Gasteiger partial charge in [-0.05, 0) is 38.5 Å². The normalized spacial score (nSPS) is 11.6. The van der Waals surface area contributed by atoms with Crippen molar-refractivity contribution in [2.24, 2.45) is 0 Å². The third-order valence-corrected chi connectivity index (χ3v) is 4.82. The summed E-state index contributed by atoms with van der Waals surface area (Å²) in [5.41, 5.74) is 1.55. The van der Waals surface area contributed by atoms with Crippen molar-refractivity contribution in [3.63, 3.8) is 0 Å². The molecule has 1 heterocycles. The van der Waals surface area contributed by atoms with E-state index >= 15 is 0 Å². The van der Waals surface area contributed by atoms with Gasteiger partial charge in [0.05, 0.1) is 12.3 Å².